The number of benzene rings is 1. The maximum absolute atomic E-state index is 13.3. The summed E-state index contributed by atoms with van der Waals surface area (Å²) in [5, 5.41) is 7.07. The van der Waals surface area contributed by atoms with Crippen molar-refractivity contribution < 1.29 is 23.5 Å². The predicted molar refractivity (Wildman–Crippen MR) is 112 cm³/mol. The molecule has 2 heterocycles. The molecule has 0 saturated carbocycles. The second-order valence-corrected chi connectivity index (χ2v) is 8.36. The summed E-state index contributed by atoms with van der Waals surface area (Å²) in [5.74, 6) is -1.47. The van der Waals surface area contributed by atoms with Gasteiger partial charge in [-0.1, -0.05) is 0 Å². The minimum absolute atomic E-state index is 0.150. The molecule has 0 bridgehead atoms. The van der Waals surface area contributed by atoms with E-state index < -0.39 is 12.6 Å². The van der Waals surface area contributed by atoms with Gasteiger partial charge < -0.3 is 10.1 Å². The van der Waals surface area contributed by atoms with Crippen molar-refractivity contribution in [2.24, 2.45) is 0 Å². The lowest BCUT2D eigenvalue weighted by atomic mass is 10.2. The average Bonchev–Trinajstić information content (AvgIpc) is 3.47. The number of ether oxygens (including phenoxy) is 1. The van der Waals surface area contributed by atoms with E-state index >= 15 is 0 Å². The zero-order chi connectivity index (χ0) is 22.0. The van der Waals surface area contributed by atoms with E-state index in [1.54, 1.807) is 28.9 Å². The molecule has 31 heavy (non-hydrogen) atoms. The van der Waals surface area contributed by atoms with Gasteiger partial charge >= 0.3 is 5.97 Å². The lowest BCUT2D eigenvalue weighted by Gasteiger charge is -2.05. The van der Waals surface area contributed by atoms with Crippen molar-refractivity contribution in [2.45, 2.75) is 32.7 Å². The van der Waals surface area contributed by atoms with Crippen molar-refractivity contribution in [2.75, 3.05) is 6.61 Å². The largest absolute Gasteiger partial charge is 0.452 e. The number of ketones is 1. The summed E-state index contributed by atoms with van der Waals surface area (Å²) in [4.78, 5) is 37.4. The molecule has 9 heteroatoms. The number of fused-ring (bicyclic) bond motifs is 1. The van der Waals surface area contributed by atoms with Crippen LogP contribution in [0.15, 0.2) is 36.4 Å². The number of aromatic nitrogens is 2. The van der Waals surface area contributed by atoms with Crippen LogP contribution in [0.3, 0.4) is 0 Å². The summed E-state index contributed by atoms with van der Waals surface area (Å²) in [6, 6.07) is 9.31. The van der Waals surface area contributed by atoms with Crippen LogP contribution >= 0.6 is 11.3 Å². The molecular formula is C22H20FN3O4S. The van der Waals surface area contributed by atoms with E-state index in [9.17, 15) is 18.8 Å². The van der Waals surface area contributed by atoms with Gasteiger partial charge in [0.05, 0.1) is 17.1 Å². The normalized spacial score (nSPS) is 12.5. The molecular weight excluding hydrogens is 421 g/mol. The van der Waals surface area contributed by atoms with Gasteiger partial charge in [0.15, 0.2) is 12.3 Å². The number of rotatable bonds is 7. The van der Waals surface area contributed by atoms with Crippen molar-refractivity contribution in [1.82, 2.24) is 15.1 Å². The first-order valence-electron chi connectivity index (χ1n) is 9.82. The number of Topliss-reactive ketones (excluding diaryl/α,β-unsaturated/α-hetero) is 1. The maximum atomic E-state index is 13.3. The average molecular weight is 441 g/mol. The van der Waals surface area contributed by atoms with Gasteiger partial charge in [0, 0.05) is 23.1 Å². The van der Waals surface area contributed by atoms with Gasteiger partial charge in [-0.25, -0.2) is 13.9 Å². The molecule has 0 fully saturated rings. The highest BCUT2D eigenvalue weighted by Crippen LogP contribution is 2.28. The Kier molecular flexibility index (Phi) is 5.94. The number of nitrogens with one attached hydrogen (secondary N) is 1. The van der Waals surface area contributed by atoms with Crippen molar-refractivity contribution in [1.29, 1.82) is 0 Å². The van der Waals surface area contributed by atoms with E-state index in [-0.39, 0.29) is 23.2 Å². The van der Waals surface area contributed by atoms with E-state index in [2.05, 4.69) is 10.4 Å². The van der Waals surface area contributed by atoms with Gasteiger partial charge in [0.25, 0.3) is 0 Å². The molecule has 0 spiro atoms. The fourth-order valence-electron chi connectivity index (χ4n) is 3.50. The third kappa shape index (κ3) is 4.56. The first-order chi connectivity index (χ1) is 14.9. The predicted octanol–water partition coefficient (Wildman–Crippen LogP) is 3.24. The smallest absolute Gasteiger partial charge is 0.359 e. The van der Waals surface area contributed by atoms with Gasteiger partial charge in [-0.15, -0.1) is 11.3 Å². The highest BCUT2D eigenvalue weighted by Gasteiger charge is 2.28. The molecule has 0 radical (unpaired) electrons. The van der Waals surface area contributed by atoms with Crippen molar-refractivity contribution in [3.05, 3.63) is 68.9 Å². The zero-order valence-corrected chi connectivity index (χ0v) is 17.6. The number of hydrogen-bond donors (Lipinski definition) is 1. The number of amides is 1. The number of carbonyl (C=O) groups excluding carboxylic acids is 3. The molecule has 1 aliphatic carbocycles. The van der Waals surface area contributed by atoms with Gasteiger partial charge in [0.2, 0.25) is 11.7 Å². The van der Waals surface area contributed by atoms with Crippen molar-refractivity contribution in [3.63, 3.8) is 0 Å². The summed E-state index contributed by atoms with van der Waals surface area (Å²) >= 11 is 1.25. The van der Waals surface area contributed by atoms with Gasteiger partial charge in [-0.2, -0.15) is 5.10 Å². The van der Waals surface area contributed by atoms with Crippen LogP contribution in [0, 0.1) is 5.82 Å². The van der Waals surface area contributed by atoms with Crippen LogP contribution in [0.2, 0.25) is 0 Å². The topological polar surface area (TPSA) is 90.3 Å². The first kappa shape index (κ1) is 20.9. The maximum Gasteiger partial charge on any atom is 0.359 e. The fraction of sp³-hybridized carbons (Fsp3) is 0.273. The Morgan fingerprint density at radius 1 is 1.16 bits per heavy atom. The molecule has 1 aromatic carbocycles. The number of nitrogens with zero attached hydrogens (tertiary/aromatic N) is 2. The first-order valence-corrected chi connectivity index (χ1v) is 10.6. The highest BCUT2D eigenvalue weighted by atomic mass is 32.1. The second-order valence-electron chi connectivity index (χ2n) is 7.19. The lowest BCUT2D eigenvalue weighted by Crippen LogP contribution is -2.18. The monoisotopic (exact) mass is 441 g/mol. The van der Waals surface area contributed by atoms with Crippen LogP contribution < -0.4 is 5.32 Å². The van der Waals surface area contributed by atoms with E-state index in [0.29, 0.717) is 23.5 Å². The zero-order valence-electron chi connectivity index (χ0n) is 16.8. The van der Waals surface area contributed by atoms with E-state index in [1.165, 1.54) is 30.4 Å². The van der Waals surface area contributed by atoms with Crippen molar-refractivity contribution in [3.8, 4) is 5.69 Å². The molecule has 1 amide bonds. The summed E-state index contributed by atoms with van der Waals surface area (Å²) in [5.41, 5.74) is 2.59. The number of carbonyl (C=O) groups is 3. The molecule has 0 unspecified atom stereocenters. The third-order valence-corrected chi connectivity index (χ3v) is 6.10. The van der Waals surface area contributed by atoms with Gasteiger partial charge in [-0.05, 0) is 55.7 Å². The Morgan fingerprint density at radius 3 is 2.68 bits per heavy atom. The van der Waals surface area contributed by atoms with Gasteiger partial charge in [-0.3, -0.25) is 9.59 Å². The quantitative estimate of drug-likeness (QED) is 0.449. The summed E-state index contributed by atoms with van der Waals surface area (Å²) in [7, 11) is 0. The molecule has 4 rings (SSSR count). The lowest BCUT2D eigenvalue weighted by molar-refractivity contribution is -0.119. The standard InChI is InChI=1S/C22H20FN3O4S/c1-13(27)24-11-16-9-10-20(31-16)19(28)12-30-22(29)21-17-3-2-4-18(17)26(25-21)15-7-5-14(23)6-8-15/h5-10H,2-4,11-12H2,1H3,(H,24,27). The molecule has 1 N–H and O–H groups in total. The van der Waals surface area contributed by atoms with Gasteiger partial charge in [0.1, 0.15) is 5.82 Å². The van der Waals surface area contributed by atoms with Crippen LogP contribution in [-0.4, -0.2) is 34.0 Å². The van der Waals surface area contributed by atoms with Crippen molar-refractivity contribution >= 4 is 29.0 Å². The second kappa shape index (κ2) is 8.81. The summed E-state index contributed by atoms with van der Waals surface area (Å²) < 4.78 is 20.2. The van der Waals surface area contributed by atoms with E-state index in [4.69, 9.17) is 4.74 Å². The molecule has 160 valence electrons. The number of esters is 1. The number of thiophene rings is 1. The highest BCUT2D eigenvalue weighted by molar-refractivity contribution is 7.14. The summed E-state index contributed by atoms with van der Waals surface area (Å²) in [6.45, 7) is 1.38. The molecule has 2 aromatic heterocycles. The van der Waals surface area contributed by atoms with Crippen LogP contribution in [0.25, 0.3) is 5.69 Å². The van der Waals surface area contributed by atoms with Crippen LogP contribution in [0.5, 0.6) is 0 Å². The molecule has 3 aromatic rings. The Labute approximate surface area is 181 Å². The molecule has 0 aliphatic heterocycles. The van der Waals surface area contributed by atoms with Crippen LogP contribution in [0.4, 0.5) is 4.39 Å². The minimum atomic E-state index is -0.651. The van der Waals surface area contributed by atoms with E-state index in [1.807, 2.05) is 0 Å². The molecule has 1 aliphatic rings. The van der Waals surface area contributed by atoms with Crippen LogP contribution in [0.1, 0.15) is 49.6 Å². The van der Waals surface area contributed by atoms with E-state index in [0.717, 1.165) is 29.0 Å². The molecule has 0 atom stereocenters. The minimum Gasteiger partial charge on any atom is -0.452 e. The Morgan fingerprint density at radius 2 is 1.94 bits per heavy atom. The Bertz CT molecular complexity index is 1150. The molecule has 7 nitrogen and oxygen atoms in total. The third-order valence-electron chi connectivity index (χ3n) is 4.98. The van der Waals surface area contributed by atoms with Crippen LogP contribution in [-0.2, 0) is 28.9 Å². The number of halogens is 1. The Hall–Kier alpha value is -3.33. The molecule has 0 saturated heterocycles. The SMILES string of the molecule is CC(=O)NCc1ccc(C(=O)COC(=O)c2nn(-c3ccc(F)cc3)c3c2CCC3)s1. The fourth-order valence-corrected chi connectivity index (χ4v) is 4.37. The number of hydrogen-bond acceptors (Lipinski definition) is 6. The Balaban J connectivity index is 1.44. The summed E-state index contributed by atoms with van der Waals surface area (Å²) in [6.07, 6.45) is 2.35.